The van der Waals surface area contributed by atoms with Gasteiger partial charge in [0.15, 0.2) is 5.78 Å². The molecule has 0 amide bonds. The van der Waals surface area contributed by atoms with Crippen molar-refractivity contribution in [3.8, 4) is 0 Å². The summed E-state index contributed by atoms with van der Waals surface area (Å²) in [5.41, 5.74) is 5.43. The van der Waals surface area contributed by atoms with Crippen molar-refractivity contribution >= 4 is 28.6 Å². The lowest BCUT2D eigenvalue weighted by atomic mass is 9.82. The van der Waals surface area contributed by atoms with Crippen molar-refractivity contribution in [3.05, 3.63) is 82.8 Å². The van der Waals surface area contributed by atoms with Gasteiger partial charge in [-0.3, -0.25) is 10.1 Å². The fourth-order valence-electron chi connectivity index (χ4n) is 4.07. The Hall–Kier alpha value is -3.67. The second-order valence-electron chi connectivity index (χ2n) is 7.72. The summed E-state index contributed by atoms with van der Waals surface area (Å²) in [4.78, 5) is 30.8. The number of rotatable bonds is 3. The van der Waals surface area contributed by atoms with Gasteiger partial charge in [-0.05, 0) is 37.3 Å². The average Bonchev–Trinajstić information content (AvgIpc) is 2.75. The Morgan fingerprint density at radius 3 is 2.57 bits per heavy atom. The highest BCUT2D eigenvalue weighted by Crippen LogP contribution is 2.32. The maximum Gasteiger partial charge on any atom is 0.230 e. The number of hydrogen-bond acceptors (Lipinski definition) is 6. The van der Waals surface area contributed by atoms with Crippen LogP contribution in [0.3, 0.4) is 0 Å². The number of nitrogens with one attached hydrogen (secondary N) is 1. The third kappa shape index (κ3) is 3.30. The fourth-order valence-corrected chi connectivity index (χ4v) is 4.07. The van der Waals surface area contributed by atoms with Crippen molar-refractivity contribution in [1.29, 1.82) is 0 Å². The SMILES string of the molecule is Cc1nc(Nc2ncc3c(n2)CC(c2ccccc2)CC3=O)nc2c(C)cccc12. The summed E-state index contributed by atoms with van der Waals surface area (Å²) in [5.74, 6) is 1.08. The van der Waals surface area contributed by atoms with Crippen molar-refractivity contribution in [3.63, 3.8) is 0 Å². The number of aryl methyl sites for hydroxylation is 2. The van der Waals surface area contributed by atoms with Gasteiger partial charge in [0.1, 0.15) is 0 Å². The summed E-state index contributed by atoms with van der Waals surface area (Å²) in [6.07, 6.45) is 2.81. The molecule has 2 aromatic heterocycles. The number of ketones is 1. The maximum atomic E-state index is 12.6. The number of benzene rings is 2. The Labute approximate surface area is 174 Å². The lowest BCUT2D eigenvalue weighted by Crippen LogP contribution is -2.21. The van der Waals surface area contributed by atoms with Crippen LogP contribution in [0.4, 0.5) is 11.9 Å². The summed E-state index contributed by atoms with van der Waals surface area (Å²) in [6.45, 7) is 3.99. The normalized spacial score (nSPS) is 15.8. The van der Waals surface area contributed by atoms with Crippen molar-refractivity contribution < 1.29 is 4.79 Å². The number of aromatic nitrogens is 4. The number of Topliss-reactive ketones (excluding diaryl/α,β-unsaturated/α-hetero) is 1. The fraction of sp³-hybridized carbons (Fsp3) is 0.208. The summed E-state index contributed by atoms with van der Waals surface area (Å²) < 4.78 is 0. The second-order valence-corrected chi connectivity index (χ2v) is 7.72. The van der Waals surface area contributed by atoms with E-state index in [-0.39, 0.29) is 11.7 Å². The van der Waals surface area contributed by atoms with Gasteiger partial charge in [-0.25, -0.2) is 19.9 Å². The summed E-state index contributed by atoms with van der Waals surface area (Å²) in [6, 6.07) is 16.2. The number of para-hydroxylation sites is 1. The molecule has 1 N–H and O–H groups in total. The first-order valence-corrected chi connectivity index (χ1v) is 10.0. The van der Waals surface area contributed by atoms with Gasteiger partial charge in [0.25, 0.3) is 0 Å². The van der Waals surface area contributed by atoms with Crippen molar-refractivity contribution in [2.75, 3.05) is 5.32 Å². The Balaban J connectivity index is 1.47. The molecule has 1 aliphatic rings. The van der Waals surface area contributed by atoms with E-state index in [2.05, 4.69) is 37.4 Å². The highest BCUT2D eigenvalue weighted by Gasteiger charge is 2.28. The van der Waals surface area contributed by atoms with E-state index in [0.29, 0.717) is 30.3 Å². The van der Waals surface area contributed by atoms with Crippen LogP contribution in [0.5, 0.6) is 0 Å². The molecular weight excluding hydrogens is 374 g/mol. The van der Waals surface area contributed by atoms with Gasteiger partial charge in [-0.2, -0.15) is 0 Å². The highest BCUT2D eigenvalue weighted by molar-refractivity contribution is 5.98. The first kappa shape index (κ1) is 18.4. The molecule has 30 heavy (non-hydrogen) atoms. The smallest absolute Gasteiger partial charge is 0.230 e. The van der Waals surface area contributed by atoms with E-state index in [1.165, 1.54) is 0 Å². The van der Waals surface area contributed by atoms with Crippen LogP contribution in [0.2, 0.25) is 0 Å². The minimum Gasteiger partial charge on any atom is -0.294 e. The molecule has 1 unspecified atom stereocenters. The third-order valence-electron chi connectivity index (χ3n) is 5.65. The first-order valence-electron chi connectivity index (χ1n) is 10.0. The number of anilines is 2. The topological polar surface area (TPSA) is 80.7 Å². The Morgan fingerprint density at radius 2 is 1.73 bits per heavy atom. The zero-order chi connectivity index (χ0) is 20.7. The molecule has 0 saturated heterocycles. The number of nitrogens with zero attached hydrogens (tertiary/aromatic N) is 4. The number of hydrogen-bond donors (Lipinski definition) is 1. The Kier molecular flexibility index (Phi) is 4.47. The highest BCUT2D eigenvalue weighted by atomic mass is 16.1. The first-order chi connectivity index (χ1) is 14.6. The van der Waals surface area contributed by atoms with E-state index >= 15 is 0 Å². The van der Waals surface area contributed by atoms with E-state index < -0.39 is 0 Å². The molecule has 4 aromatic rings. The molecule has 0 spiro atoms. The molecular formula is C24H21N5O. The second kappa shape index (κ2) is 7.30. The molecule has 0 aliphatic heterocycles. The molecule has 0 bridgehead atoms. The quantitative estimate of drug-likeness (QED) is 0.542. The minimum atomic E-state index is 0.0880. The number of carbonyl (C=O) groups is 1. The molecule has 2 aromatic carbocycles. The zero-order valence-electron chi connectivity index (χ0n) is 16.9. The predicted molar refractivity (Wildman–Crippen MR) is 116 cm³/mol. The van der Waals surface area contributed by atoms with Gasteiger partial charge >= 0.3 is 0 Å². The lowest BCUT2D eigenvalue weighted by molar-refractivity contribution is 0.0962. The predicted octanol–water partition coefficient (Wildman–Crippen LogP) is 4.69. The van der Waals surface area contributed by atoms with E-state index in [9.17, 15) is 4.79 Å². The summed E-state index contributed by atoms with van der Waals surface area (Å²) in [7, 11) is 0. The molecule has 6 heteroatoms. The Bertz CT molecular complexity index is 1270. The van der Waals surface area contributed by atoms with Gasteiger partial charge in [-0.1, -0.05) is 48.5 Å². The van der Waals surface area contributed by atoms with E-state index in [4.69, 9.17) is 0 Å². The Morgan fingerprint density at radius 1 is 0.900 bits per heavy atom. The molecule has 148 valence electrons. The van der Waals surface area contributed by atoms with Crippen LogP contribution in [0.1, 0.15) is 45.2 Å². The van der Waals surface area contributed by atoms with Crippen LogP contribution in [0.25, 0.3) is 10.9 Å². The van der Waals surface area contributed by atoms with Crippen LogP contribution in [0, 0.1) is 13.8 Å². The number of carbonyl (C=O) groups excluding carboxylic acids is 1. The van der Waals surface area contributed by atoms with Crippen LogP contribution in [-0.4, -0.2) is 25.7 Å². The molecule has 0 fully saturated rings. The molecule has 5 rings (SSSR count). The minimum absolute atomic E-state index is 0.0880. The van der Waals surface area contributed by atoms with Crippen molar-refractivity contribution in [2.24, 2.45) is 0 Å². The molecule has 1 aliphatic carbocycles. The summed E-state index contributed by atoms with van der Waals surface area (Å²) in [5, 5.41) is 4.16. The van der Waals surface area contributed by atoms with Crippen LogP contribution in [-0.2, 0) is 6.42 Å². The molecule has 0 saturated carbocycles. The van der Waals surface area contributed by atoms with Gasteiger partial charge in [0.05, 0.1) is 22.5 Å². The average molecular weight is 395 g/mol. The van der Waals surface area contributed by atoms with Gasteiger partial charge < -0.3 is 0 Å². The lowest BCUT2D eigenvalue weighted by Gasteiger charge is -2.23. The zero-order valence-corrected chi connectivity index (χ0v) is 16.9. The van der Waals surface area contributed by atoms with Crippen LogP contribution < -0.4 is 5.32 Å². The largest absolute Gasteiger partial charge is 0.294 e. The van der Waals surface area contributed by atoms with Crippen LogP contribution in [0.15, 0.2) is 54.7 Å². The molecule has 6 nitrogen and oxygen atoms in total. The summed E-state index contributed by atoms with van der Waals surface area (Å²) >= 11 is 0. The third-order valence-corrected chi connectivity index (χ3v) is 5.65. The standard InChI is InChI=1S/C24H21N5O/c1-14-7-6-10-18-15(2)26-24(28-22(14)18)29-23-25-13-19-20(27-23)11-17(12-21(19)30)16-8-4-3-5-9-16/h3-10,13,17H,11-12H2,1-2H3,(H,25,26,27,28,29). The van der Waals surface area contributed by atoms with E-state index in [1.807, 2.05) is 50.2 Å². The maximum absolute atomic E-state index is 12.6. The van der Waals surface area contributed by atoms with Crippen LogP contribution >= 0.6 is 0 Å². The van der Waals surface area contributed by atoms with E-state index in [0.717, 1.165) is 33.4 Å². The number of fused-ring (bicyclic) bond motifs is 2. The molecule has 1 atom stereocenters. The van der Waals surface area contributed by atoms with Crippen molar-refractivity contribution in [1.82, 2.24) is 19.9 Å². The monoisotopic (exact) mass is 395 g/mol. The molecule has 0 radical (unpaired) electrons. The molecule has 2 heterocycles. The van der Waals surface area contributed by atoms with Gasteiger partial charge in [-0.15, -0.1) is 0 Å². The van der Waals surface area contributed by atoms with E-state index in [1.54, 1.807) is 6.20 Å². The van der Waals surface area contributed by atoms with Gasteiger partial charge in [0.2, 0.25) is 11.9 Å². The van der Waals surface area contributed by atoms with Crippen molar-refractivity contribution in [2.45, 2.75) is 32.6 Å². The van der Waals surface area contributed by atoms with Gasteiger partial charge in [0, 0.05) is 18.0 Å².